The molecule has 0 fully saturated rings. The van der Waals surface area contributed by atoms with E-state index in [4.69, 9.17) is 9.47 Å². The maximum absolute atomic E-state index is 12.2. The highest BCUT2D eigenvalue weighted by atomic mass is 16.5. The number of para-hydroxylation sites is 1. The number of rotatable bonds is 9. The van der Waals surface area contributed by atoms with E-state index >= 15 is 0 Å². The Balaban J connectivity index is 1.42. The van der Waals surface area contributed by atoms with Crippen LogP contribution >= 0.6 is 0 Å². The molecular formula is C23H26N2O4. The molecule has 29 heavy (non-hydrogen) atoms. The van der Waals surface area contributed by atoms with Gasteiger partial charge in [-0.05, 0) is 42.7 Å². The van der Waals surface area contributed by atoms with E-state index in [9.17, 15) is 9.59 Å². The van der Waals surface area contributed by atoms with Crippen molar-refractivity contribution in [3.8, 4) is 5.75 Å². The highest BCUT2D eigenvalue weighted by Crippen LogP contribution is 2.19. The molecule has 1 N–H and O–H groups in total. The lowest BCUT2D eigenvalue weighted by molar-refractivity contribution is -0.151. The molecule has 0 atom stereocenters. The molecule has 6 nitrogen and oxygen atoms in total. The number of benzene rings is 2. The summed E-state index contributed by atoms with van der Waals surface area (Å²) in [4.78, 5) is 29.0. The number of likely N-dealkylation sites (N-methyl/N-ethyl adjacent to an activating group) is 1. The second-order valence-corrected chi connectivity index (χ2v) is 6.85. The summed E-state index contributed by atoms with van der Waals surface area (Å²) in [5.41, 5.74) is 3.09. The van der Waals surface area contributed by atoms with Crippen molar-refractivity contribution in [2.24, 2.45) is 0 Å². The van der Waals surface area contributed by atoms with Gasteiger partial charge >= 0.3 is 5.97 Å². The Labute approximate surface area is 170 Å². The van der Waals surface area contributed by atoms with Crippen LogP contribution < -0.4 is 4.74 Å². The Morgan fingerprint density at radius 3 is 2.59 bits per heavy atom. The number of nitrogens with zero attached hydrogens (tertiary/aromatic N) is 1. The normalized spacial score (nSPS) is 10.7. The summed E-state index contributed by atoms with van der Waals surface area (Å²) in [7, 11) is 1.69. The second kappa shape index (κ2) is 9.78. The molecule has 0 saturated heterocycles. The van der Waals surface area contributed by atoms with Gasteiger partial charge in [0.25, 0.3) is 5.91 Å². The van der Waals surface area contributed by atoms with Gasteiger partial charge < -0.3 is 19.4 Å². The van der Waals surface area contributed by atoms with Crippen LogP contribution in [0.2, 0.25) is 0 Å². The minimum atomic E-state index is -0.377. The van der Waals surface area contributed by atoms with Crippen LogP contribution in [0.5, 0.6) is 5.75 Å². The summed E-state index contributed by atoms with van der Waals surface area (Å²) in [6.45, 7) is 2.74. The average molecular weight is 394 g/mol. The Morgan fingerprint density at radius 2 is 1.83 bits per heavy atom. The lowest BCUT2D eigenvalue weighted by atomic mass is 10.1. The van der Waals surface area contributed by atoms with Gasteiger partial charge in [-0.2, -0.15) is 0 Å². The van der Waals surface area contributed by atoms with Gasteiger partial charge in [-0.3, -0.25) is 9.59 Å². The number of carbonyl (C=O) groups is 2. The first kappa shape index (κ1) is 20.5. The summed E-state index contributed by atoms with van der Waals surface area (Å²) in [6, 6.07) is 15.5. The third-order valence-electron chi connectivity index (χ3n) is 4.71. The van der Waals surface area contributed by atoms with Crippen LogP contribution in [0.1, 0.15) is 24.5 Å². The minimum absolute atomic E-state index is 0.234. The van der Waals surface area contributed by atoms with E-state index in [2.05, 4.69) is 4.98 Å². The van der Waals surface area contributed by atoms with Gasteiger partial charge in [0.1, 0.15) is 5.75 Å². The van der Waals surface area contributed by atoms with Gasteiger partial charge in [0, 0.05) is 37.1 Å². The largest absolute Gasteiger partial charge is 0.494 e. The molecule has 3 aromatic rings. The standard InChI is InChI=1S/C23H26N2O4/c1-3-28-19-11-8-17(9-12-19)15-25(2)22(26)16-29-23(27)13-10-18-14-24-21-7-5-4-6-20(18)21/h4-9,11-12,14,24H,3,10,13,15-16H2,1-2H3. The fourth-order valence-corrected chi connectivity index (χ4v) is 3.12. The second-order valence-electron chi connectivity index (χ2n) is 6.85. The first-order valence-corrected chi connectivity index (χ1v) is 9.73. The third-order valence-corrected chi connectivity index (χ3v) is 4.71. The van der Waals surface area contributed by atoms with Gasteiger partial charge in [-0.25, -0.2) is 0 Å². The number of carbonyl (C=O) groups excluding carboxylic acids is 2. The van der Waals surface area contributed by atoms with E-state index < -0.39 is 0 Å². The quantitative estimate of drug-likeness (QED) is 0.562. The fraction of sp³-hybridized carbons (Fsp3) is 0.304. The van der Waals surface area contributed by atoms with Crippen LogP contribution in [-0.4, -0.2) is 42.0 Å². The Hall–Kier alpha value is -3.28. The average Bonchev–Trinajstić information content (AvgIpc) is 3.15. The molecule has 3 rings (SSSR count). The maximum atomic E-state index is 12.2. The maximum Gasteiger partial charge on any atom is 0.306 e. The molecule has 0 aliphatic carbocycles. The molecule has 1 amide bonds. The summed E-state index contributed by atoms with van der Waals surface area (Å²) < 4.78 is 10.6. The van der Waals surface area contributed by atoms with Crippen LogP contribution in [0.3, 0.4) is 0 Å². The number of esters is 1. The predicted molar refractivity (Wildman–Crippen MR) is 112 cm³/mol. The van der Waals surface area contributed by atoms with Gasteiger partial charge in [0.05, 0.1) is 6.61 Å². The first-order chi connectivity index (χ1) is 14.1. The molecule has 1 aromatic heterocycles. The molecule has 6 heteroatoms. The van der Waals surface area contributed by atoms with Gasteiger partial charge in [0.2, 0.25) is 0 Å². The molecule has 0 aliphatic rings. The summed E-state index contributed by atoms with van der Waals surface area (Å²) >= 11 is 0. The fourth-order valence-electron chi connectivity index (χ4n) is 3.12. The number of aromatic nitrogens is 1. The number of H-pyrrole nitrogens is 1. The third kappa shape index (κ3) is 5.60. The predicted octanol–water partition coefficient (Wildman–Crippen LogP) is 3.70. The van der Waals surface area contributed by atoms with Crippen LogP contribution in [0, 0.1) is 0 Å². The lowest BCUT2D eigenvalue weighted by Crippen LogP contribution is -2.30. The number of fused-ring (bicyclic) bond motifs is 1. The number of aromatic amines is 1. The SMILES string of the molecule is CCOc1ccc(CN(C)C(=O)COC(=O)CCc2c[nH]c3ccccc23)cc1. The van der Waals surface area contributed by atoms with E-state index in [0.29, 0.717) is 19.6 Å². The number of aryl methyl sites for hydroxylation is 1. The molecule has 0 radical (unpaired) electrons. The van der Waals surface area contributed by atoms with Gasteiger partial charge in [-0.15, -0.1) is 0 Å². The smallest absolute Gasteiger partial charge is 0.306 e. The van der Waals surface area contributed by atoms with Crippen molar-refractivity contribution in [3.05, 3.63) is 65.9 Å². The van der Waals surface area contributed by atoms with E-state index in [1.165, 1.54) is 0 Å². The molecule has 0 saturated carbocycles. The van der Waals surface area contributed by atoms with Crippen LogP contribution in [0.15, 0.2) is 54.7 Å². The molecular weight excluding hydrogens is 368 g/mol. The topological polar surface area (TPSA) is 71.6 Å². The minimum Gasteiger partial charge on any atom is -0.494 e. The Bertz CT molecular complexity index is 962. The monoisotopic (exact) mass is 394 g/mol. The summed E-state index contributed by atoms with van der Waals surface area (Å²) in [5.74, 6) is 0.187. The molecule has 0 aliphatic heterocycles. The molecule has 1 heterocycles. The van der Waals surface area contributed by atoms with Crippen LogP contribution in [-0.2, 0) is 27.3 Å². The molecule has 152 valence electrons. The lowest BCUT2D eigenvalue weighted by Gasteiger charge is -2.17. The molecule has 0 spiro atoms. The van der Waals surface area contributed by atoms with Crippen molar-refractivity contribution in [2.45, 2.75) is 26.3 Å². The summed E-state index contributed by atoms with van der Waals surface area (Å²) in [5, 5.41) is 1.10. The highest BCUT2D eigenvalue weighted by molar-refractivity contribution is 5.84. The molecule has 0 bridgehead atoms. The number of amides is 1. The zero-order chi connectivity index (χ0) is 20.6. The number of ether oxygens (including phenoxy) is 2. The van der Waals surface area contributed by atoms with Crippen molar-refractivity contribution in [1.29, 1.82) is 0 Å². The molecule has 0 unspecified atom stereocenters. The van der Waals surface area contributed by atoms with E-state index in [-0.39, 0.29) is 24.9 Å². The van der Waals surface area contributed by atoms with Crippen molar-refractivity contribution < 1.29 is 19.1 Å². The van der Waals surface area contributed by atoms with Gasteiger partial charge in [-0.1, -0.05) is 30.3 Å². The van der Waals surface area contributed by atoms with Gasteiger partial charge in [0.15, 0.2) is 6.61 Å². The van der Waals surface area contributed by atoms with Crippen molar-refractivity contribution >= 4 is 22.8 Å². The first-order valence-electron chi connectivity index (χ1n) is 9.73. The summed E-state index contributed by atoms with van der Waals surface area (Å²) in [6.07, 6.45) is 2.71. The number of nitrogens with one attached hydrogen (secondary N) is 1. The van der Waals surface area contributed by atoms with Crippen molar-refractivity contribution in [1.82, 2.24) is 9.88 Å². The van der Waals surface area contributed by atoms with Crippen LogP contribution in [0.4, 0.5) is 0 Å². The highest BCUT2D eigenvalue weighted by Gasteiger charge is 2.13. The number of hydrogen-bond acceptors (Lipinski definition) is 4. The Morgan fingerprint density at radius 1 is 1.07 bits per heavy atom. The van der Waals surface area contributed by atoms with Crippen molar-refractivity contribution in [2.75, 3.05) is 20.3 Å². The van der Waals surface area contributed by atoms with Crippen molar-refractivity contribution in [3.63, 3.8) is 0 Å². The van der Waals surface area contributed by atoms with E-state index in [1.54, 1.807) is 11.9 Å². The van der Waals surface area contributed by atoms with E-state index in [0.717, 1.165) is 27.8 Å². The zero-order valence-corrected chi connectivity index (χ0v) is 16.8. The Kier molecular flexibility index (Phi) is 6.89. The van der Waals surface area contributed by atoms with E-state index in [1.807, 2.05) is 61.7 Å². The zero-order valence-electron chi connectivity index (χ0n) is 16.8. The number of hydrogen-bond donors (Lipinski definition) is 1. The van der Waals surface area contributed by atoms with Crippen LogP contribution in [0.25, 0.3) is 10.9 Å². The molecule has 2 aromatic carbocycles.